The minimum Gasteiger partial charge on any atom is -0.483 e. The summed E-state index contributed by atoms with van der Waals surface area (Å²) in [7, 11) is 0. The summed E-state index contributed by atoms with van der Waals surface area (Å²) >= 11 is 0. The molecule has 38 heavy (non-hydrogen) atoms. The van der Waals surface area contributed by atoms with Crippen LogP contribution in [0.2, 0.25) is 0 Å². The summed E-state index contributed by atoms with van der Waals surface area (Å²) in [5.41, 5.74) is -0.0658. The minimum atomic E-state index is -4.49. The fraction of sp³-hybridized carbons (Fsp3) is 0.448. The molecule has 0 N–H and O–H groups in total. The number of ether oxygens (including phenoxy) is 2. The average Bonchev–Trinajstić information content (AvgIpc) is 2.87. The lowest BCUT2D eigenvalue weighted by Gasteiger charge is -2.27. The van der Waals surface area contributed by atoms with Crippen LogP contribution in [0.1, 0.15) is 67.9 Å². The van der Waals surface area contributed by atoms with E-state index in [9.17, 15) is 30.7 Å². The minimum absolute atomic E-state index is 0.113. The Balaban J connectivity index is 1.34. The lowest BCUT2D eigenvalue weighted by Crippen LogP contribution is -2.32. The van der Waals surface area contributed by atoms with E-state index in [1.807, 2.05) is 18.2 Å². The maximum Gasteiger partial charge on any atom is 0.433 e. The monoisotopic (exact) mass is 542 g/mol. The highest BCUT2D eigenvalue weighted by atomic mass is 19.4. The SMILES string of the molecule is C=CC1CCC(c2ccc(OCC(F)(F)Oc3cc(F)c(C4CC=C(C(F)(F)F)CC4)c(F)c3)cc2)CC1. The van der Waals surface area contributed by atoms with Gasteiger partial charge in [0, 0.05) is 23.3 Å². The number of benzene rings is 2. The largest absolute Gasteiger partial charge is 0.483 e. The van der Waals surface area contributed by atoms with Gasteiger partial charge in [0.25, 0.3) is 0 Å². The third-order valence-electron chi connectivity index (χ3n) is 7.37. The summed E-state index contributed by atoms with van der Waals surface area (Å²) in [4.78, 5) is 0. The molecule has 0 heterocycles. The van der Waals surface area contributed by atoms with Crippen molar-refractivity contribution in [2.24, 2.45) is 5.92 Å². The van der Waals surface area contributed by atoms with Crippen LogP contribution in [0.25, 0.3) is 0 Å². The Bertz CT molecular complexity index is 1120. The average molecular weight is 543 g/mol. The normalized spacial score (nSPS) is 22.5. The van der Waals surface area contributed by atoms with Crippen molar-refractivity contribution in [3.8, 4) is 11.5 Å². The van der Waals surface area contributed by atoms with E-state index in [4.69, 9.17) is 4.74 Å². The van der Waals surface area contributed by atoms with Crippen molar-refractivity contribution in [1.29, 1.82) is 0 Å². The Labute approximate surface area is 217 Å². The summed E-state index contributed by atoms with van der Waals surface area (Å²) in [5.74, 6) is -2.75. The molecule has 4 rings (SSSR count). The van der Waals surface area contributed by atoms with Gasteiger partial charge in [-0.25, -0.2) is 8.78 Å². The number of hydrogen-bond donors (Lipinski definition) is 0. The van der Waals surface area contributed by atoms with E-state index in [1.165, 1.54) is 0 Å². The Morgan fingerprint density at radius 2 is 1.47 bits per heavy atom. The fourth-order valence-corrected chi connectivity index (χ4v) is 5.26. The molecule has 1 unspecified atom stereocenters. The van der Waals surface area contributed by atoms with Crippen LogP contribution in [0, 0.1) is 17.6 Å². The second kappa shape index (κ2) is 11.4. The van der Waals surface area contributed by atoms with Gasteiger partial charge in [-0.1, -0.05) is 24.3 Å². The predicted octanol–water partition coefficient (Wildman–Crippen LogP) is 9.23. The maximum atomic E-state index is 14.6. The van der Waals surface area contributed by atoms with Crippen LogP contribution in [0.4, 0.5) is 30.7 Å². The molecule has 2 aliphatic carbocycles. The Hall–Kier alpha value is -2.97. The van der Waals surface area contributed by atoms with E-state index in [0.29, 0.717) is 24.0 Å². The summed E-state index contributed by atoms with van der Waals surface area (Å²) in [6.45, 7) is 2.66. The molecule has 0 aromatic heterocycles. The lowest BCUT2D eigenvalue weighted by molar-refractivity contribution is -0.195. The van der Waals surface area contributed by atoms with Gasteiger partial charge < -0.3 is 9.47 Å². The predicted molar refractivity (Wildman–Crippen MR) is 129 cm³/mol. The van der Waals surface area contributed by atoms with E-state index in [0.717, 1.165) is 37.3 Å². The van der Waals surface area contributed by atoms with Gasteiger partial charge in [0.15, 0.2) is 6.61 Å². The molecule has 2 aromatic rings. The molecule has 206 valence electrons. The topological polar surface area (TPSA) is 18.5 Å². The van der Waals surface area contributed by atoms with Crippen molar-refractivity contribution in [3.63, 3.8) is 0 Å². The number of rotatable bonds is 8. The van der Waals surface area contributed by atoms with Crippen LogP contribution in [0.5, 0.6) is 11.5 Å². The maximum absolute atomic E-state index is 14.6. The molecule has 1 fully saturated rings. The highest BCUT2D eigenvalue weighted by Crippen LogP contribution is 2.41. The number of alkyl halides is 5. The van der Waals surface area contributed by atoms with Crippen molar-refractivity contribution in [3.05, 3.63) is 83.5 Å². The van der Waals surface area contributed by atoms with Crippen molar-refractivity contribution in [2.75, 3.05) is 6.61 Å². The van der Waals surface area contributed by atoms with Crippen molar-refractivity contribution in [2.45, 2.75) is 69.1 Å². The Morgan fingerprint density at radius 1 is 0.842 bits per heavy atom. The van der Waals surface area contributed by atoms with Crippen LogP contribution < -0.4 is 9.47 Å². The first-order valence-corrected chi connectivity index (χ1v) is 12.6. The molecule has 9 heteroatoms. The Kier molecular flexibility index (Phi) is 8.43. The van der Waals surface area contributed by atoms with Gasteiger partial charge in [-0.2, -0.15) is 22.0 Å². The van der Waals surface area contributed by atoms with E-state index < -0.39 is 53.3 Å². The van der Waals surface area contributed by atoms with Crippen LogP contribution in [-0.2, 0) is 0 Å². The molecule has 1 atom stereocenters. The van der Waals surface area contributed by atoms with E-state index in [-0.39, 0.29) is 25.0 Å². The molecular weight excluding hydrogens is 513 g/mol. The summed E-state index contributed by atoms with van der Waals surface area (Å²) < 4.78 is 106. The molecule has 0 amide bonds. The van der Waals surface area contributed by atoms with Gasteiger partial charge in [0.1, 0.15) is 23.1 Å². The second-order valence-electron chi connectivity index (χ2n) is 9.94. The van der Waals surface area contributed by atoms with Gasteiger partial charge in [-0.05, 0) is 80.4 Å². The zero-order valence-electron chi connectivity index (χ0n) is 20.7. The van der Waals surface area contributed by atoms with Crippen molar-refractivity contribution < 1.29 is 40.2 Å². The molecule has 2 aromatic carbocycles. The van der Waals surface area contributed by atoms with E-state index in [1.54, 1.807) is 12.1 Å². The standard InChI is InChI=1S/C29H29F7O2/c1-2-18-3-5-19(6-4-18)20-9-13-23(14-10-20)37-17-28(32,33)38-24-15-25(30)27(26(31)16-24)21-7-11-22(12-8-21)29(34,35)36/h2,9-11,13-16,18-19,21H,1,3-8,12,17H2. The molecule has 0 radical (unpaired) electrons. The summed E-state index contributed by atoms with van der Waals surface area (Å²) in [5, 5.41) is 0. The molecule has 0 bridgehead atoms. The zero-order valence-corrected chi connectivity index (χ0v) is 20.7. The smallest absolute Gasteiger partial charge is 0.433 e. The van der Waals surface area contributed by atoms with Gasteiger partial charge in [-0.15, -0.1) is 6.58 Å². The first-order chi connectivity index (χ1) is 17.9. The third kappa shape index (κ3) is 6.91. The van der Waals surface area contributed by atoms with Gasteiger partial charge in [-0.3, -0.25) is 0 Å². The summed E-state index contributed by atoms with van der Waals surface area (Å²) in [6.07, 6.45) is -1.99. The van der Waals surface area contributed by atoms with Gasteiger partial charge in [0.05, 0.1) is 0 Å². The van der Waals surface area contributed by atoms with Crippen LogP contribution in [-0.4, -0.2) is 18.9 Å². The molecular formula is C29H29F7O2. The summed E-state index contributed by atoms with van der Waals surface area (Å²) in [6, 6.07) is 8.12. The molecule has 2 aliphatic rings. The van der Waals surface area contributed by atoms with Crippen LogP contribution in [0.15, 0.2) is 60.7 Å². The fourth-order valence-electron chi connectivity index (χ4n) is 5.26. The van der Waals surface area contributed by atoms with E-state index in [2.05, 4.69) is 11.3 Å². The molecule has 1 saturated carbocycles. The lowest BCUT2D eigenvalue weighted by atomic mass is 9.79. The first kappa shape index (κ1) is 28.0. The van der Waals surface area contributed by atoms with Crippen molar-refractivity contribution >= 4 is 0 Å². The number of allylic oxidation sites excluding steroid dienone is 3. The van der Waals surface area contributed by atoms with Crippen molar-refractivity contribution in [1.82, 2.24) is 0 Å². The first-order valence-electron chi connectivity index (χ1n) is 12.6. The molecule has 0 spiro atoms. The zero-order chi connectivity index (χ0) is 27.5. The third-order valence-corrected chi connectivity index (χ3v) is 7.37. The quantitative estimate of drug-likeness (QED) is 0.245. The van der Waals surface area contributed by atoms with Crippen LogP contribution >= 0.6 is 0 Å². The molecule has 0 saturated heterocycles. The highest BCUT2D eigenvalue weighted by molar-refractivity contribution is 5.35. The molecule has 2 nitrogen and oxygen atoms in total. The van der Waals surface area contributed by atoms with Gasteiger partial charge >= 0.3 is 12.3 Å². The number of halogens is 7. The van der Waals surface area contributed by atoms with Gasteiger partial charge in [0.2, 0.25) is 0 Å². The highest BCUT2D eigenvalue weighted by Gasteiger charge is 2.37. The second-order valence-corrected chi connectivity index (χ2v) is 9.94. The van der Waals surface area contributed by atoms with Crippen LogP contribution in [0.3, 0.4) is 0 Å². The van der Waals surface area contributed by atoms with E-state index >= 15 is 0 Å². The number of hydrogen-bond acceptors (Lipinski definition) is 2. The molecule has 0 aliphatic heterocycles. The Morgan fingerprint density at radius 3 is 2.00 bits per heavy atom.